The van der Waals surface area contributed by atoms with Crippen molar-refractivity contribution < 1.29 is 4.74 Å². The van der Waals surface area contributed by atoms with E-state index in [0.717, 1.165) is 18.5 Å². The second kappa shape index (κ2) is 6.70. The first-order chi connectivity index (χ1) is 8.88. The van der Waals surface area contributed by atoms with Crippen molar-refractivity contribution in [3.05, 3.63) is 11.8 Å². The van der Waals surface area contributed by atoms with Crippen molar-refractivity contribution in [1.29, 1.82) is 0 Å². The molecule has 1 atom stereocenters. The van der Waals surface area contributed by atoms with Crippen LogP contribution in [-0.2, 0) is 0 Å². The summed E-state index contributed by atoms with van der Waals surface area (Å²) in [5, 5.41) is 3.38. The van der Waals surface area contributed by atoms with Crippen LogP contribution in [0.3, 0.4) is 0 Å². The Morgan fingerprint density at radius 1 is 1.42 bits per heavy atom. The summed E-state index contributed by atoms with van der Waals surface area (Å²) in [6.45, 7) is 10.8. The van der Waals surface area contributed by atoms with E-state index in [-0.39, 0.29) is 11.6 Å². The third-order valence-electron chi connectivity index (χ3n) is 3.08. The third kappa shape index (κ3) is 5.03. The molecule has 5 heteroatoms. The maximum atomic E-state index is 5.66. The molecule has 0 fully saturated rings. The number of rotatable bonds is 7. The lowest BCUT2D eigenvalue weighted by Crippen LogP contribution is -2.37. The Bertz CT molecular complexity index is 408. The summed E-state index contributed by atoms with van der Waals surface area (Å²) >= 11 is 0. The van der Waals surface area contributed by atoms with Gasteiger partial charge in [-0.3, -0.25) is 0 Å². The molecule has 1 aromatic heterocycles. The molecule has 1 unspecified atom stereocenters. The fraction of sp³-hybridized carbons (Fsp3) is 0.714. The van der Waals surface area contributed by atoms with Crippen LogP contribution < -0.4 is 15.8 Å². The molecule has 0 bridgehead atoms. The van der Waals surface area contributed by atoms with E-state index in [2.05, 4.69) is 29.1 Å². The van der Waals surface area contributed by atoms with Gasteiger partial charge in [-0.2, -0.15) is 4.98 Å². The van der Waals surface area contributed by atoms with Crippen LogP contribution in [-0.4, -0.2) is 28.2 Å². The van der Waals surface area contributed by atoms with Gasteiger partial charge in [0.25, 0.3) is 0 Å². The van der Waals surface area contributed by atoms with Crippen LogP contribution in [0.25, 0.3) is 0 Å². The molecule has 0 radical (unpaired) electrons. The zero-order valence-electron chi connectivity index (χ0n) is 12.7. The van der Waals surface area contributed by atoms with Gasteiger partial charge in [-0.05, 0) is 47.1 Å². The van der Waals surface area contributed by atoms with Gasteiger partial charge in [0.05, 0.1) is 6.10 Å². The molecule has 3 N–H and O–H groups in total. The summed E-state index contributed by atoms with van der Waals surface area (Å²) in [5.74, 6) is 1.21. The second-order valence-electron chi connectivity index (χ2n) is 5.42. The van der Waals surface area contributed by atoms with Crippen molar-refractivity contribution in [2.45, 2.75) is 59.1 Å². The summed E-state index contributed by atoms with van der Waals surface area (Å²) in [5.41, 5.74) is 6.47. The fourth-order valence-electron chi connectivity index (χ4n) is 1.81. The molecule has 0 spiro atoms. The fourth-order valence-corrected chi connectivity index (χ4v) is 1.81. The zero-order valence-corrected chi connectivity index (χ0v) is 12.7. The molecular formula is C14H26N4O. The number of aromatic nitrogens is 2. The van der Waals surface area contributed by atoms with Gasteiger partial charge in [0.15, 0.2) is 0 Å². The number of hydrogen-bond acceptors (Lipinski definition) is 5. The van der Waals surface area contributed by atoms with Crippen molar-refractivity contribution >= 4 is 5.95 Å². The maximum Gasteiger partial charge on any atom is 0.226 e. The minimum absolute atomic E-state index is 0.0857. The average molecular weight is 266 g/mol. The Morgan fingerprint density at radius 3 is 2.63 bits per heavy atom. The minimum Gasteiger partial charge on any atom is -0.475 e. The molecule has 0 amide bonds. The Morgan fingerprint density at radius 2 is 2.11 bits per heavy atom. The number of aryl methyl sites for hydroxylation is 1. The SMILES string of the molecule is CCC(C)(CCN)Nc1nc(C)cc(OC(C)C)n1. The maximum absolute atomic E-state index is 5.66. The Balaban J connectivity index is 2.90. The van der Waals surface area contributed by atoms with Crippen LogP contribution >= 0.6 is 0 Å². The van der Waals surface area contributed by atoms with E-state index < -0.39 is 0 Å². The molecule has 1 heterocycles. The van der Waals surface area contributed by atoms with Crippen molar-refractivity contribution in [3.8, 4) is 5.88 Å². The molecule has 0 aliphatic heterocycles. The lowest BCUT2D eigenvalue weighted by atomic mass is 9.95. The number of nitrogens with one attached hydrogen (secondary N) is 1. The molecule has 0 saturated heterocycles. The lowest BCUT2D eigenvalue weighted by Gasteiger charge is -2.29. The number of nitrogens with two attached hydrogens (primary N) is 1. The Hall–Kier alpha value is -1.36. The van der Waals surface area contributed by atoms with E-state index in [1.54, 1.807) is 0 Å². The quantitative estimate of drug-likeness (QED) is 0.793. The highest BCUT2D eigenvalue weighted by Gasteiger charge is 2.22. The normalized spacial score (nSPS) is 14.3. The summed E-state index contributed by atoms with van der Waals surface area (Å²) in [4.78, 5) is 8.82. The third-order valence-corrected chi connectivity index (χ3v) is 3.08. The van der Waals surface area contributed by atoms with Gasteiger partial charge < -0.3 is 15.8 Å². The highest BCUT2D eigenvalue weighted by molar-refractivity contribution is 5.33. The van der Waals surface area contributed by atoms with E-state index in [4.69, 9.17) is 10.5 Å². The summed E-state index contributed by atoms with van der Waals surface area (Å²) in [6, 6.07) is 1.84. The number of ether oxygens (including phenoxy) is 1. The van der Waals surface area contributed by atoms with Gasteiger partial charge in [-0.1, -0.05) is 6.92 Å². The standard InChI is InChI=1S/C14H26N4O/c1-6-14(5,7-8-15)18-13-16-11(4)9-12(17-13)19-10(2)3/h9-10H,6-8,15H2,1-5H3,(H,16,17,18). The highest BCUT2D eigenvalue weighted by atomic mass is 16.5. The van der Waals surface area contributed by atoms with Gasteiger partial charge in [-0.15, -0.1) is 0 Å². The summed E-state index contributed by atoms with van der Waals surface area (Å²) in [7, 11) is 0. The van der Waals surface area contributed by atoms with Gasteiger partial charge in [-0.25, -0.2) is 4.98 Å². The molecule has 108 valence electrons. The van der Waals surface area contributed by atoms with Gasteiger partial charge >= 0.3 is 0 Å². The molecule has 5 nitrogen and oxygen atoms in total. The van der Waals surface area contributed by atoms with E-state index in [1.807, 2.05) is 26.8 Å². The topological polar surface area (TPSA) is 73.1 Å². The minimum atomic E-state index is -0.0857. The molecule has 0 aromatic carbocycles. The monoisotopic (exact) mass is 266 g/mol. The summed E-state index contributed by atoms with van der Waals surface area (Å²) in [6.07, 6.45) is 1.94. The molecule has 19 heavy (non-hydrogen) atoms. The first-order valence-electron chi connectivity index (χ1n) is 6.89. The summed E-state index contributed by atoms with van der Waals surface area (Å²) < 4.78 is 5.63. The van der Waals surface area contributed by atoms with Gasteiger partial charge in [0, 0.05) is 17.3 Å². The van der Waals surface area contributed by atoms with Crippen LogP contribution in [0, 0.1) is 6.92 Å². The molecule has 0 saturated carbocycles. The highest BCUT2D eigenvalue weighted by Crippen LogP contribution is 2.21. The Kier molecular flexibility index (Phi) is 5.54. The van der Waals surface area contributed by atoms with Crippen LogP contribution in [0.4, 0.5) is 5.95 Å². The molecular weight excluding hydrogens is 240 g/mol. The zero-order chi connectivity index (χ0) is 14.5. The molecule has 1 aromatic rings. The largest absolute Gasteiger partial charge is 0.475 e. The van der Waals surface area contributed by atoms with Crippen LogP contribution in [0.1, 0.15) is 46.2 Å². The first-order valence-corrected chi connectivity index (χ1v) is 6.89. The molecule has 0 aliphatic rings. The van der Waals surface area contributed by atoms with Crippen LogP contribution in [0.2, 0.25) is 0 Å². The number of hydrogen-bond donors (Lipinski definition) is 2. The van der Waals surface area contributed by atoms with Crippen molar-refractivity contribution in [1.82, 2.24) is 9.97 Å². The van der Waals surface area contributed by atoms with E-state index in [1.165, 1.54) is 0 Å². The van der Waals surface area contributed by atoms with E-state index in [9.17, 15) is 0 Å². The van der Waals surface area contributed by atoms with Crippen LogP contribution in [0.15, 0.2) is 6.07 Å². The lowest BCUT2D eigenvalue weighted by molar-refractivity contribution is 0.232. The predicted molar refractivity (Wildman–Crippen MR) is 78.5 cm³/mol. The predicted octanol–water partition coefficient (Wildman–Crippen LogP) is 2.50. The average Bonchev–Trinajstić information content (AvgIpc) is 2.27. The van der Waals surface area contributed by atoms with Crippen LogP contribution in [0.5, 0.6) is 5.88 Å². The van der Waals surface area contributed by atoms with E-state index >= 15 is 0 Å². The second-order valence-corrected chi connectivity index (χ2v) is 5.42. The number of anilines is 1. The molecule has 0 aliphatic carbocycles. The van der Waals surface area contributed by atoms with Crippen molar-refractivity contribution in [2.24, 2.45) is 5.73 Å². The Labute approximate surface area is 116 Å². The van der Waals surface area contributed by atoms with Gasteiger partial charge in [0.1, 0.15) is 0 Å². The van der Waals surface area contributed by atoms with Crippen molar-refractivity contribution in [2.75, 3.05) is 11.9 Å². The first kappa shape index (κ1) is 15.7. The van der Waals surface area contributed by atoms with Crippen molar-refractivity contribution in [3.63, 3.8) is 0 Å². The smallest absolute Gasteiger partial charge is 0.226 e. The van der Waals surface area contributed by atoms with E-state index in [0.29, 0.717) is 18.4 Å². The molecule has 1 rings (SSSR count). The number of nitrogens with zero attached hydrogens (tertiary/aromatic N) is 2. The van der Waals surface area contributed by atoms with Gasteiger partial charge in [0.2, 0.25) is 11.8 Å².